The third kappa shape index (κ3) is 3.76. The Balaban J connectivity index is 1.64. The first-order valence-corrected chi connectivity index (χ1v) is 8.69. The lowest BCUT2D eigenvalue weighted by atomic mass is 9.82. The van der Waals surface area contributed by atoms with Crippen molar-refractivity contribution < 1.29 is 9.53 Å². The molecule has 0 aliphatic heterocycles. The summed E-state index contributed by atoms with van der Waals surface area (Å²) in [6.45, 7) is 0. The topological polar surface area (TPSA) is 60.3 Å². The maximum atomic E-state index is 12.6. The highest BCUT2D eigenvalue weighted by molar-refractivity contribution is 5.96. The smallest absolute Gasteiger partial charge is 0.293 e. The van der Waals surface area contributed by atoms with Crippen molar-refractivity contribution in [1.82, 2.24) is 9.88 Å². The molecule has 1 aromatic carbocycles. The van der Waals surface area contributed by atoms with Gasteiger partial charge in [0.05, 0.1) is 12.7 Å². The Bertz CT molecular complexity index is 790. The summed E-state index contributed by atoms with van der Waals surface area (Å²) in [4.78, 5) is 24.6. The number of pyridine rings is 1. The molecule has 0 saturated heterocycles. The quantitative estimate of drug-likeness (QED) is 0.931. The van der Waals surface area contributed by atoms with Crippen LogP contribution in [0.5, 0.6) is 5.75 Å². The largest absolute Gasteiger partial charge is 0.491 e. The predicted octanol–water partition coefficient (Wildman–Crippen LogP) is 2.85. The summed E-state index contributed by atoms with van der Waals surface area (Å²) < 4.78 is 6.55. The lowest BCUT2D eigenvalue weighted by molar-refractivity contribution is 0.0922. The molecule has 1 amide bonds. The average molecular weight is 340 g/mol. The van der Waals surface area contributed by atoms with Gasteiger partial charge in [-0.15, -0.1) is 0 Å². The highest BCUT2D eigenvalue weighted by atomic mass is 16.5. The zero-order valence-electron chi connectivity index (χ0n) is 14.7. The zero-order valence-corrected chi connectivity index (χ0v) is 14.7. The number of methoxy groups -OCH3 is 1. The summed E-state index contributed by atoms with van der Waals surface area (Å²) in [6, 6.07) is 12.3. The van der Waals surface area contributed by atoms with Gasteiger partial charge in [-0.25, -0.2) is 0 Å². The summed E-state index contributed by atoms with van der Waals surface area (Å²) >= 11 is 0. The van der Waals surface area contributed by atoms with E-state index in [0.717, 1.165) is 25.7 Å². The van der Waals surface area contributed by atoms with Crippen LogP contribution in [0.25, 0.3) is 0 Å². The van der Waals surface area contributed by atoms with Crippen LogP contribution < -0.4 is 15.6 Å². The van der Waals surface area contributed by atoms with Gasteiger partial charge in [-0.3, -0.25) is 9.59 Å². The van der Waals surface area contributed by atoms with Crippen molar-refractivity contribution in [2.24, 2.45) is 7.05 Å². The Labute approximate surface area is 147 Å². The van der Waals surface area contributed by atoms with Gasteiger partial charge in [0, 0.05) is 19.3 Å². The molecule has 132 valence electrons. The maximum Gasteiger partial charge on any atom is 0.293 e. The van der Waals surface area contributed by atoms with E-state index in [-0.39, 0.29) is 23.3 Å². The van der Waals surface area contributed by atoms with Gasteiger partial charge in [-0.2, -0.15) is 0 Å². The summed E-state index contributed by atoms with van der Waals surface area (Å²) in [5.41, 5.74) is 1.37. The predicted molar refractivity (Wildman–Crippen MR) is 97.1 cm³/mol. The highest BCUT2D eigenvalue weighted by Gasteiger charge is 2.25. The number of carbonyl (C=O) groups is 1. The molecule has 0 spiro atoms. The molecule has 5 heteroatoms. The van der Waals surface area contributed by atoms with Crippen LogP contribution >= 0.6 is 0 Å². The summed E-state index contributed by atoms with van der Waals surface area (Å²) in [7, 11) is 3.05. The van der Waals surface area contributed by atoms with Gasteiger partial charge in [0.1, 0.15) is 0 Å². The first-order chi connectivity index (χ1) is 12.1. The Morgan fingerprint density at radius 3 is 2.44 bits per heavy atom. The molecule has 1 aromatic heterocycles. The highest BCUT2D eigenvalue weighted by Crippen LogP contribution is 2.32. The van der Waals surface area contributed by atoms with Gasteiger partial charge in [0.15, 0.2) is 5.75 Å². The minimum absolute atomic E-state index is 0.0977. The molecule has 2 aromatic rings. The number of ether oxygens (including phenoxy) is 1. The SMILES string of the molecule is COc1c(C(=O)NC2CCC(c3ccccc3)CC2)ccn(C)c1=O. The van der Waals surface area contributed by atoms with Crippen molar-refractivity contribution in [3.8, 4) is 5.75 Å². The molecule has 0 bridgehead atoms. The number of hydrogen-bond acceptors (Lipinski definition) is 3. The van der Waals surface area contributed by atoms with Crippen LogP contribution in [0.3, 0.4) is 0 Å². The first-order valence-electron chi connectivity index (χ1n) is 8.69. The second-order valence-electron chi connectivity index (χ2n) is 6.61. The lowest BCUT2D eigenvalue weighted by Gasteiger charge is -2.29. The van der Waals surface area contributed by atoms with E-state index in [4.69, 9.17) is 4.74 Å². The van der Waals surface area contributed by atoms with Gasteiger partial charge < -0.3 is 14.6 Å². The van der Waals surface area contributed by atoms with E-state index in [9.17, 15) is 9.59 Å². The lowest BCUT2D eigenvalue weighted by Crippen LogP contribution is -2.38. The molecule has 0 radical (unpaired) electrons. The van der Waals surface area contributed by atoms with Crippen molar-refractivity contribution in [1.29, 1.82) is 0 Å². The van der Waals surface area contributed by atoms with E-state index in [0.29, 0.717) is 11.5 Å². The Morgan fingerprint density at radius 1 is 1.12 bits per heavy atom. The molecule has 1 N–H and O–H groups in total. The molecular formula is C20H24N2O3. The van der Waals surface area contributed by atoms with Crippen LogP contribution in [0, 0.1) is 0 Å². The number of benzene rings is 1. The van der Waals surface area contributed by atoms with E-state index in [2.05, 4.69) is 29.6 Å². The van der Waals surface area contributed by atoms with Crippen LogP contribution in [0.15, 0.2) is 47.4 Å². The van der Waals surface area contributed by atoms with E-state index in [1.165, 1.54) is 17.2 Å². The molecule has 25 heavy (non-hydrogen) atoms. The number of carbonyl (C=O) groups excluding carboxylic acids is 1. The molecule has 1 fully saturated rings. The average Bonchev–Trinajstić information content (AvgIpc) is 2.65. The normalized spacial score (nSPS) is 20.1. The number of aryl methyl sites for hydroxylation is 1. The Kier molecular flexibility index (Phi) is 5.22. The van der Waals surface area contributed by atoms with Crippen LogP contribution in [-0.4, -0.2) is 23.6 Å². The third-order valence-electron chi connectivity index (χ3n) is 5.01. The number of rotatable bonds is 4. The second-order valence-corrected chi connectivity index (χ2v) is 6.61. The van der Waals surface area contributed by atoms with E-state index in [1.54, 1.807) is 19.3 Å². The monoisotopic (exact) mass is 340 g/mol. The van der Waals surface area contributed by atoms with Gasteiger partial charge in [0.2, 0.25) is 0 Å². The fourth-order valence-electron chi connectivity index (χ4n) is 3.54. The van der Waals surface area contributed by atoms with Crippen LogP contribution in [0.1, 0.15) is 47.5 Å². The second kappa shape index (κ2) is 7.55. The zero-order chi connectivity index (χ0) is 17.8. The van der Waals surface area contributed by atoms with Gasteiger partial charge >= 0.3 is 0 Å². The molecule has 3 rings (SSSR count). The maximum absolute atomic E-state index is 12.6. The molecule has 5 nitrogen and oxygen atoms in total. The van der Waals surface area contributed by atoms with E-state index >= 15 is 0 Å². The van der Waals surface area contributed by atoms with Crippen molar-refractivity contribution >= 4 is 5.91 Å². The minimum Gasteiger partial charge on any atom is -0.491 e. The van der Waals surface area contributed by atoms with Crippen molar-refractivity contribution in [2.45, 2.75) is 37.6 Å². The van der Waals surface area contributed by atoms with Crippen LogP contribution in [0.4, 0.5) is 0 Å². The molecule has 1 heterocycles. The molecular weight excluding hydrogens is 316 g/mol. The fraction of sp³-hybridized carbons (Fsp3) is 0.400. The fourth-order valence-corrected chi connectivity index (χ4v) is 3.54. The van der Waals surface area contributed by atoms with Crippen molar-refractivity contribution in [2.75, 3.05) is 7.11 Å². The van der Waals surface area contributed by atoms with Gasteiger partial charge in [-0.1, -0.05) is 30.3 Å². The molecule has 1 aliphatic carbocycles. The number of aromatic nitrogens is 1. The number of hydrogen-bond donors (Lipinski definition) is 1. The molecule has 1 aliphatic rings. The van der Waals surface area contributed by atoms with Gasteiger partial charge in [0.25, 0.3) is 11.5 Å². The summed E-state index contributed by atoms with van der Waals surface area (Å²) in [5, 5.41) is 3.06. The number of amides is 1. The van der Waals surface area contributed by atoms with Crippen LogP contribution in [-0.2, 0) is 7.05 Å². The van der Waals surface area contributed by atoms with Crippen LogP contribution in [0.2, 0.25) is 0 Å². The summed E-state index contributed by atoms with van der Waals surface area (Å²) in [6.07, 6.45) is 5.59. The number of nitrogens with one attached hydrogen (secondary N) is 1. The standard InChI is InChI=1S/C20H24N2O3/c1-22-13-12-17(18(25-2)20(22)24)19(23)21-16-10-8-15(9-11-16)14-6-4-3-5-7-14/h3-7,12-13,15-16H,8-11H2,1-2H3,(H,21,23). The van der Waals surface area contributed by atoms with Crippen molar-refractivity contribution in [3.05, 3.63) is 64.1 Å². The first kappa shape index (κ1) is 17.3. The molecule has 0 unspecified atom stereocenters. The minimum atomic E-state index is -0.303. The van der Waals surface area contributed by atoms with E-state index in [1.807, 2.05) is 6.07 Å². The van der Waals surface area contributed by atoms with Gasteiger partial charge in [-0.05, 0) is 43.2 Å². The van der Waals surface area contributed by atoms with E-state index < -0.39 is 0 Å². The molecule has 0 atom stereocenters. The summed E-state index contributed by atoms with van der Waals surface area (Å²) in [5.74, 6) is 0.422. The number of nitrogens with zero attached hydrogens (tertiary/aromatic N) is 1. The third-order valence-corrected chi connectivity index (χ3v) is 5.01. The molecule has 1 saturated carbocycles. The Hall–Kier alpha value is -2.56. The Morgan fingerprint density at radius 2 is 1.80 bits per heavy atom. The van der Waals surface area contributed by atoms with Crippen molar-refractivity contribution in [3.63, 3.8) is 0 Å².